The molecule has 0 unspecified atom stereocenters. The zero-order valence-corrected chi connectivity index (χ0v) is 23.1. The molecule has 4 rings (SSSR count). The van der Waals surface area contributed by atoms with Crippen LogP contribution in [-0.2, 0) is 16.0 Å². The van der Waals surface area contributed by atoms with Gasteiger partial charge in [-0.1, -0.05) is 35.9 Å². The predicted molar refractivity (Wildman–Crippen MR) is 147 cm³/mol. The van der Waals surface area contributed by atoms with Crippen molar-refractivity contribution in [3.63, 3.8) is 0 Å². The molecule has 2 aromatic carbocycles. The van der Waals surface area contributed by atoms with Crippen LogP contribution in [0.1, 0.15) is 55.4 Å². The zero-order valence-electron chi connectivity index (χ0n) is 22.3. The van der Waals surface area contributed by atoms with Gasteiger partial charge in [0.2, 0.25) is 0 Å². The lowest BCUT2D eigenvalue weighted by atomic mass is 9.94. The van der Waals surface area contributed by atoms with Gasteiger partial charge >= 0.3 is 5.97 Å². The number of carboxylic acids is 1. The fourth-order valence-corrected chi connectivity index (χ4v) is 4.42. The van der Waals surface area contributed by atoms with Crippen molar-refractivity contribution in [3.05, 3.63) is 64.2 Å². The average molecular weight is 556 g/mol. The Kier molecular flexibility index (Phi) is 16.8. The molecule has 38 heavy (non-hydrogen) atoms. The molecule has 214 valence electrons. The summed E-state index contributed by atoms with van der Waals surface area (Å²) < 4.78 is 11.4. The van der Waals surface area contributed by atoms with E-state index >= 15 is 0 Å². The van der Waals surface area contributed by atoms with Crippen LogP contribution in [0.15, 0.2) is 42.5 Å². The number of carboxylic acid groups (broad SMARTS) is 1. The van der Waals surface area contributed by atoms with Gasteiger partial charge in [-0.3, -0.25) is 4.79 Å². The summed E-state index contributed by atoms with van der Waals surface area (Å²) in [6, 6.07) is 13.6. The molecule has 2 aliphatic rings. The molecular formula is C28H42ClNO8. The van der Waals surface area contributed by atoms with E-state index < -0.39 is 12.1 Å². The highest BCUT2D eigenvalue weighted by Crippen LogP contribution is 2.33. The molecule has 2 aromatic rings. The number of aliphatic hydroxyl groups is 4. The molecule has 2 aliphatic heterocycles. The SMILES string of the molecule is CCOc1ccc(Cc2cc([C@H]3C[C@@H](O)C[C@@H](CO)O3)ccc2Cl)cc1.CO.CO.O=C(O)[C@@H]1CCCN1. The summed E-state index contributed by atoms with van der Waals surface area (Å²) >= 11 is 6.40. The number of rotatable bonds is 7. The Balaban J connectivity index is 0.000000505. The Labute approximate surface area is 230 Å². The first-order valence-electron chi connectivity index (χ1n) is 12.7. The molecular weight excluding hydrogens is 514 g/mol. The second kappa shape index (κ2) is 18.9. The van der Waals surface area contributed by atoms with Crippen LogP contribution in [0.25, 0.3) is 0 Å². The minimum absolute atomic E-state index is 0.0831. The lowest BCUT2D eigenvalue weighted by Gasteiger charge is -2.32. The summed E-state index contributed by atoms with van der Waals surface area (Å²) in [5.74, 6) is 0.137. The monoisotopic (exact) mass is 555 g/mol. The average Bonchev–Trinajstić information content (AvgIpc) is 3.49. The van der Waals surface area contributed by atoms with Gasteiger partial charge in [0.15, 0.2) is 0 Å². The standard InChI is InChI=1S/C21H25ClO4.C5H9NO2.2CH4O/c1-2-25-18-6-3-14(4-7-18)9-16-10-15(5-8-20(16)22)21-12-17(24)11-19(13-23)26-21;7-5(8)4-2-1-3-6-4;2*1-2/h3-8,10,17,19,21,23-24H,2,9,11-13H2,1H3;4,6H,1-3H2,(H,7,8);2*2H,1H3/t17-,19-,21+;4-;;/m00../s1. The van der Waals surface area contributed by atoms with Gasteiger partial charge in [0, 0.05) is 32.1 Å². The first-order chi connectivity index (χ1) is 18.4. The molecule has 2 heterocycles. The van der Waals surface area contributed by atoms with E-state index in [-0.39, 0.29) is 24.9 Å². The van der Waals surface area contributed by atoms with E-state index in [1.165, 1.54) is 0 Å². The summed E-state index contributed by atoms with van der Waals surface area (Å²) in [7, 11) is 2.00. The number of nitrogens with one attached hydrogen (secondary N) is 1. The highest BCUT2D eigenvalue weighted by atomic mass is 35.5. The van der Waals surface area contributed by atoms with Gasteiger partial charge in [-0.2, -0.15) is 0 Å². The molecule has 0 saturated carbocycles. The van der Waals surface area contributed by atoms with Crippen LogP contribution in [0, 0.1) is 0 Å². The Morgan fingerprint density at radius 3 is 2.32 bits per heavy atom. The second-order valence-corrected chi connectivity index (χ2v) is 9.05. The highest BCUT2D eigenvalue weighted by Gasteiger charge is 2.29. The van der Waals surface area contributed by atoms with Crippen molar-refractivity contribution in [1.29, 1.82) is 0 Å². The summed E-state index contributed by atoms with van der Waals surface area (Å²) in [5.41, 5.74) is 3.13. The maximum Gasteiger partial charge on any atom is 0.320 e. The van der Waals surface area contributed by atoms with Gasteiger partial charge in [-0.25, -0.2) is 0 Å². The normalized spacial score (nSPS) is 22.0. The molecule has 0 aliphatic carbocycles. The number of hydrogen-bond donors (Lipinski definition) is 6. The second-order valence-electron chi connectivity index (χ2n) is 8.65. The molecule has 0 bridgehead atoms. The Hall–Kier alpha value is -2.24. The summed E-state index contributed by atoms with van der Waals surface area (Å²) in [5, 5.41) is 45.3. The minimum Gasteiger partial charge on any atom is -0.494 e. The molecule has 0 amide bonds. The Morgan fingerprint density at radius 2 is 1.79 bits per heavy atom. The number of aliphatic hydroxyl groups excluding tert-OH is 4. The maximum atomic E-state index is 10.1. The summed E-state index contributed by atoms with van der Waals surface area (Å²) in [6.45, 7) is 3.39. The molecule has 0 spiro atoms. The van der Waals surface area contributed by atoms with E-state index in [0.717, 1.165) is 56.0 Å². The molecule has 2 saturated heterocycles. The lowest BCUT2D eigenvalue weighted by Crippen LogP contribution is -2.33. The smallest absolute Gasteiger partial charge is 0.320 e. The van der Waals surface area contributed by atoms with Crippen molar-refractivity contribution in [2.75, 3.05) is 34.0 Å². The van der Waals surface area contributed by atoms with Crippen LogP contribution < -0.4 is 10.1 Å². The van der Waals surface area contributed by atoms with Gasteiger partial charge in [-0.15, -0.1) is 0 Å². The predicted octanol–water partition coefficient (Wildman–Crippen LogP) is 2.94. The van der Waals surface area contributed by atoms with Gasteiger partial charge in [0.05, 0.1) is 31.5 Å². The molecule has 6 N–H and O–H groups in total. The molecule has 0 aromatic heterocycles. The summed E-state index contributed by atoms with van der Waals surface area (Å²) in [4.78, 5) is 10.1. The third-order valence-electron chi connectivity index (χ3n) is 6.01. The first kappa shape index (κ1) is 33.8. The Morgan fingerprint density at radius 1 is 1.11 bits per heavy atom. The number of benzene rings is 2. The number of ether oxygens (including phenoxy) is 2. The fourth-order valence-electron chi connectivity index (χ4n) is 4.24. The van der Waals surface area contributed by atoms with Gasteiger partial charge in [0.25, 0.3) is 0 Å². The number of aliphatic carboxylic acids is 1. The van der Waals surface area contributed by atoms with Crippen molar-refractivity contribution < 1.29 is 39.8 Å². The molecule has 2 fully saturated rings. The van der Waals surface area contributed by atoms with E-state index in [1.807, 2.05) is 49.4 Å². The van der Waals surface area contributed by atoms with E-state index in [1.54, 1.807) is 0 Å². The van der Waals surface area contributed by atoms with Crippen molar-refractivity contribution in [2.45, 2.75) is 63.4 Å². The maximum absolute atomic E-state index is 10.1. The molecule has 0 radical (unpaired) electrons. The Bertz CT molecular complexity index is 922. The highest BCUT2D eigenvalue weighted by molar-refractivity contribution is 6.31. The largest absolute Gasteiger partial charge is 0.494 e. The van der Waals surface area contributed by atoms with E-state index in [9.17, 15) is 15.0 Å². The van der Waals surface area contributed by atoms with Crippen LogP contribution in [-0.4, -0.2) is 83.7 Å². The molecule has 10 heteroatoms. The van der Waals surface area contributed by atoms with Crippen LogP contribution in [0.4, 0.5) is 0 Å². The molecule has 4 atom stereocenters. The van der Waals surface area contributed by atoms with E-state index in [4.69, 9.17) is 36.4 Å². The third kappa shape index (κ3) is 11.2. The van der Waals surface area contributed by atoms with Gasteiger partial charge in [-0.05, 0) is 67.6 Å². The van der Waals surface area contributed by atoms with Crippen LogP contribution >= 0.6 is 11.6 Å². The van der Waals surface area contributed by atoms with Crippen molar-refractivity contribution in [2.24, 2.45) is 0 Å². The van der Waals surface area contributed by atoms with Crippen LogP contribution in [0.2, 0.25) is 5.02 Å². The molecule has 9 nitrogen and oxygen atoms in total. The quantitative estimate of drug-likeness (QED) is 0.303. The van der Waals surface area contributed by atoms with Crippen molar-refractivity contribution in [1.82, 2.24) is 5.32 Å². The zero-order chi connectivity index (χ0) is 28.5. The number of halogens is 1. The fraction of sp³-hybridized carbons (Fsp3) is 0.536. The first-order valence-corrected chi connectivity index (χ1v) is 13.1. The van der Waals surface area contributed by atoms with E-state index in [0.29, 0.717) is 30.9 Å². The van der Waals surface area contributed by atoms with Crippen molar-refractivity contribution in [3.8, 4) is 5.75 Å². The van der Waals surface area contributed by atoms with Gasteiger partial charge in [0.1, 0.15) is 11.8 Å². The summed E-state index contributed by atoms with van der Waals surface area (Å²) in [6.07, 6.45) is 2.47. The van der Waals surface area contributed by atoms with Gasteiger partial charge < -0.3 is 40.3 Å². The lowest BCUT2D eigenvalue weighted by molar-refractivity contribution is -0.139. The third-order valence-corrected chi connectivity index (χ3v) is 6.38. The van der Waals surface area contributed by atoms with Crippen molar-refractivity contribution >= 4 is 17.6 Å². The topological polar surface area (TPSA) is 149 Å². The number of carbonyl (C=O) groups is 1. The van der Waals surface area contributed by atoms with Crippen LogP contribution in [0.5, 0.6) is 5.75 Å². The van der Waals surface area contributed by atoms with E-state index in [2.05, 4.69) is 5.32 Å². The minimum atomic E-state index is -0.720. The number of hydrogen-bond acceptors (Lipinski definition) is 8. The van der Waals surface area contributed by atoms with Crippen LogP contribution in [0.3, 0.4) is 0 Å².